The summed E-state index contributed by atoms with van der Waals surface area (Å²) in [6, 6.07) is 0. The van der Waals surface area contributed by atoms with E-state index in [4.69, 9.17) is 23.7 Å². The molecule has 0 heterocycles. The summed E-state index contributed by atoms with van der Waals surface area (Å²) < 4.78 is 30.4. The Bertz CT molecular complexity index is 335. The van der Waals surface area contributed by atoms with Crippen molar-refractivity contribution >= 4 is 11.9 Å². The molecule has 0 spiro atoms. The Hall–Kier alpha value is -1.22. The van der Waals surface area contributed by atoms with Crippen LogP contribution in [0, 0.1) is 0 Å². The number of carbonyl (C=O) groups is 2. The van der Waals surface area contributed by atoms with Gasteiger partial charge in [-0.05, 0) is 6.42 Å². The van der Waals surface area contributed by atoms with Crippen LogP contribution in [0.5, 0.6) is 0 Å². The molecule has 0 bridgehead atoms. The molecule has 8 nitrogen and oxygen atoms in total. The van der Waals surface area contributed by atoms with Gasteiger partial charge in [-0.2, -0.15) is 0 Å². The van der Waals surface area contributed by atoms with Crippen LogP contribution >= 0.6 is 0 Å². The molecule has 0 rings (SSSR count). The molecule has 26 heavy (non-hydrogen) atoms. The summed E-state index contributed by atoms with van der Waals surface area (Å²) in [6.45, 7) is 5.22. The molecule has 0 aromatic rings. The fraction of sp³-hybridized carbons (Fsp3) is 0.889. The van der Waals surface area contributed by atoms with Gasteiger partial charge in [0.05, 0.1) is 53.4 Å². The minimum atomic E-state index is -0.407. The zero-order valence-corrected chi connectivity index (χ0v) is 16.2. The van der Waals surface area contributed by atoms with E-state index < -0.39 is 5.97 Å². The molecular formula is C18H34O8. The minimum Gasteiger partial charge on any atom is -0.467 e. The van der Waals surface area contributed by atoms with Crippen molar-refractivity contribution in [2.24, 2.45) is 0 Å². The summed E-state index contributed by atoms with van der Waals surface area (Å²) in [4.78, 5) is 22.2. The molecule has 0 unspecified atom stereocenters. The van der Waals surface area contributed by atoms with Crippen LogP contribution in [0.3, 0.4) is 0 Å². The van der Waals surface area contributed by atoms with E-state index in [1.54, 1.807) is 0 Å². The average molecular weight is 378 g/mol. The molecule has 0 fully saturated rings. The third-order valence-corrected chi connectivity index (χ3v) is 3.29. The molecule has 0 N–H and O–H groups in total. The highest BCUT2D eigenvalue weighted by Gasteiger charge is 2.02. The highest BCUT2D eigenvalue weighted by Crippen LogP contribution is 2.03. The lowest BCUT2D eigenvalue weighted by atomic mass is 10.2. The Kier molecular flexibility index (Phi) is 19.2. The SMILES string of the molecule is CCCCCCC(=O)OCCOCCOCCOCCOCC(=O)OC. The Morgan fingerprint density at radius 3 is 1.73 bits per heavy atom. The molecule has 8 heteroatoms. The Morgan fingerprint density at radius 2 is 1.19 bits per heavy atom. The van der Waals surface area contributed by atoms with Gasteiger partial charge >= 0.3 is 11.9 Å². The van der Waals surface area contributed by atoms with E-state index in [-0.39, 0.29) is 19.2 Å². The smallest absolute Gasteiger partial charge is 0.331 e. The van der Waals surface area contributed by atoms with Crippen LogP contribution in [0.1, 0.15) is 39.0 Å². The van der Waals surface area contributed by atoms with Crippen LogP contribution in [-0.2, 0) is 38.0 Å². The molecule has 0 aliphatic carbocycles. The lowest BCUT2D eigenvalue weighted by molar-refractivity contribution is -0.147. The van der Waals surface area contributed by atoms with Gasteiger partial charge < -0.3 is 28.4 Å². The van der Waals surface area contributed by atoms with Crippen LogP contribution in [-0.4, -0.2) is 78.5 Å². The van der Waals surface area contributed by atoms with Crippen molar-refractivity contribution in [3.05, 3.63) is 0 Å². The first kappa shape index (κ1) is 24.8. The predicted molar refractivity (Wildman–Crippen MR) is 95.0 cm³/mol. The molecule has 0 amide bonds. The Morgan fingerprint density at radius 1 is 0.654 bits per heavy atom. The molecule has 0 saturated heterocycles. The van der Waals surface area contributed by atoms with Crippen LogP contribution in [0.4, 0.5) is 0 Å². The van der Waals surface area contributed by atoms with Gasteiger partial charge in [0.25, 0.3) is 0 Å². The second-order valence-corrected chi connectivity index (χ2v) is 5.50. The van der Waals surface area contributed by atoms with Crippen molar-refractivity contribution in [2.75, 3.05) is 66.6 Å². The summed E-state index contributed by atoms with van der Waals surface area (Å²) in [5.74, 6) is -0.566. The van der Waals surface area contributed by atoms with Crippen molar-refractivity contribution < 1.29 is 38.0 Å². The number of esters is 2. The lowest BCUT2D eigenvalue weighted by Gasteiger charge is -2.08. The molecular weight excluding hydrogens is 344 g/mol. The maximum Gasteiger partial charge on any atom is 0.331 e. The first-order valence-electron chi connectivity index (χ1n) is 9.24. The Labute approximate surface area is 156 Å². The molecule has 0 radical (unpaired) electrons. The Balaban J connectivity index is 3.13. The minimum absolute atomic E-state index is 0.0676. The lowest BCUT2D eigenvalue weighted by Crippen LogP contribution is -2.16. The third kappa shape index (κ3) is 19.1. The maximum absolute atomic E-state index is 11.4. The third-order valence-electron chi connectivity index (χ3n) is 3.29. The molecule has 0 aromatic heterocycles. The molecule has 0 aliphatic heterocycles. The average Bonchev–Trinajstić information content (AvgIpc) is 2.65. The van der Waals surface area contributed by atoms with Crippen molar-refractivity contribution in [1.82, 2.24) is 0 Å². The fourth-order valence-electron chi connectivity index (χ4n) is 1.86. The van der Waals surface area contributed by atoms with Gasteiger partial charge in [0.2, 0.25) is 0 Å². The number of hydrogen-bond donors (Lipinski definition) is 0. The highest BCUT2D eigenvalue weighted by molar-refractivity contribution is 5.70. The zero-order valence-electron chi connectivity index (χ0n) is 16.2. The predicted octanol–water partition coefficient (Wildman–Crippen LogP) is 1.74. The topological polar surface area (TPSA) is 89.5 Å². The van der Waals surface area contributed by atoms with Crippen molar-refractivity contribution in [1.29, 1.82) is 0 Å². The number of ether oxygens (including phenoxy) is 6. The quantitative estimate of drug-likeness (QED) is 0.248. The van der Waals surface area contributed by atoms with Gasteiger partial charge in [-0.15, -0.1) is 0 Å². The van der Waals surface area contributed by atoms with Gasteiger partial charge in [0, 0.05) is 6.42 Å². The number of carbonyl (C=O) groups excluding carboxylic acids is 2. The van der Waals surface area contributed by atoms with Gasteiger partial charge in [0.15, 0.2) is 0 Å². The van der Waals surface area contributed by atoms with E-state index in [0.717, 1.165) is 25.7 Å². The number of methoxy groups -OCH3 is 1. The fourth-order valence-corrected chi connectivity index (χ4v) is 1.86. The molecule has 0 saturated carbocycles. The number of unbranched alkanes of at least 4 members (excludes halogenated alkanes) is 3. The van der Waals surface area contributed by atoms with Crippen molar-refractivity contribution in [2.45, 2.75) is 39.0 Å². The van der Waals surface area contributed by atoms with Crippen LogP contribution < -0.4 is 0 Å². The molecule has 154 valence electrons. The molecule has 0 aliphatic rings. The standard InChI is InChI=1S/C18H34O8/c1-3-4-5-6-7-17(19)26-15-14-24-11-10-22-8-9-23-12-13-25-16-18(20)21-2/h3-16H2,1-2H3. The zero-order chi connectivity index (χ0) is 19.3. The maximum atomic E-state index is 11.4. The second kappa shape index (κ2) is 20.1. The summed E-state index contributed by atoms with van der Waals surface area (Å²) in [6.07, 6.45) is 4.76. The van der Waals surface area contributed by atoms with Crippen molar-refractivity contribution in [3.63, 3.8) is 0 Å². The first-order valence-corrected chi connectivity index (χ1v) is 9.24. The summed E-state index contributed by atoms with van der Waals surface area (Å²) in [5.41, 5.74) is 0. The van der Waals surface area contributed by atoms with E-state index in [1.807, 2.05) is 0 Å². The summed E-state index contributed by atoms with van der Waals surface area (Å²) in [7, 11) is 1.31. The summed E-state index contributed by atoms with van der Waals surface area (Å²) in [5, 5.41) is 0. The van der Waals surface area contributed by atoms with E-state index in [0.29, 0.717) is 52.7 Å². The molecule has 0 aromatic carbocycles. The van der Waals surface area contributed by atoms with Gasteiger partial charge in [-0.1, -0.05) is 26.2 Å². The van der Waals surface area contributed by atoms with Crippen LogP contribution in [0.15, 0.2) is 0 Å². The normalized spacial score (nSPS) is 10.7. The highest BCUT2D eigenvalue weighted by atomic mass is 16.6. The van der Waals surface area contributed by atoms with Gasteiger partial charge in [-0.3, -0.25) is 4.79 Å². The van der Waals surface area contributed by atoms with E-state index in [9.17, 15) is 9.59 Å². The largest absolute Gasteiger partial charge is 0.467 e. The molecule has 0 atom stereocenters. The van der Waals surface area contributed by atoms with E-state index in [1.165, 1.54) is 7.11 Å². The summed E-state index contributed by atoms with van der Waals surface area (Å²) >= 11 is 0. The van der Waals surface area contributed by atoms with Crippen molar-refractivity contribution in [3.8, 4) is 0 Å². The first-order chi connectivity index (χ1) is 12.7. The van der Waals surface area contributed by atoms with E-state index >= 15 is 0 Å². The van der Waals surface area contributed by atoms with E-state index in [2.05, 4.69) is 11.7 Å². The monoisotopic (exact) mass is 378 g/mol. The number of hydrogen-bond acceptors (Lipinski definition) is 8. The van der Waals surface area contributed by atoms with Crippen LogP contribution in [0.25, 0.3) is 0 Å². The van der Waals surface area contributed by atoms with Gasteiger partial charge in [0.1, 0.15) is 13.2 Å². The second-order valence-electron chi connectivity index (χ2n) is 5.50. The van der Waals surface area contributed by atoms with Crippen LogP contribution in [0.2, 0.25) is 0 Å². The van der Waals surface area contributed by atoms with Gasteiger partial charge in [-0.25, -0.2) is 4.79 Å². The number of rotatable bonds is 19.